The molecule has 5 heteroatoms. The number of benzene rings is 2. The summed E-state index contributed by atoms with van der Waals surface area (Å²) >= 11 is 5.98. The molecule has 25 heavy (non-hydrogen) atoms. The van der Waals surface area contributed by atoms with E-state index in [1.807, 2.05) is 49.4 Å². The van der Waals surface area contributed by atoms with E-state index >= 15 is 0 Å². The lowest BCUT2D eigenvalue weighted by atomic mass is 10.1. The average Bonchev–Trinajstić information content (AvgIpc) is 3.08. The smallest absolute Gasteiger partial charge is 0.225 e. The second-order valence-corrected chi connectivity index (χ2v) is 6.88. The van der Waals surface area contributed by atoms with Gasteiger partial charge in [0.2, 0.25) is 5.91 Å². The minimum atomic E-state index is 0.0510. The molecule has 0 aromatic heterocycles. The Balaban J connectivity index is 1.55. The van der Waals surface area contributed by atoms with Crippen LogP contribution in [0.3, 0.4) is 0 Å². The zero-order valence-electron chi connectivity index (χ0n) is 14.3. The number of carbonyl (C=O) groups excluding carboxylic acids is 1. The Bertz CT molecular complexity index is 742. The second kappa shape index (κ2) is 8.37. The largest absolute Gasteiger partial charge is 0.489 e. The van der Waals surface area contributed by atoms with Crippen molar-refractivity contribution in [3.05, 3.63) is 58.6 Å². The summed E-state index contributed by atoms with van der Waals surface area (Å²) in [6.45, 7) is 3.43. The summed E-state index contributed by atoms with van der Waals surface area (Å²) in [5, 5.41) is 7.04. The van der Waals surface area contributed by atoms with E-state index in [0.717, 1.165) is 42.0 Å². The Kier molecular flexibility index (Phi) is 5.95. The lowest BCUT2D eigenvalue weighted by molar-refractivity contribution is -0.116. The number of rotatable bonds is 6. The van der Waals surface area contributed by atoms with Gasteiger partial charge in [0.05, 0.1) is 0 Å². The van der Waals surface area contributed by atoms with Crippen molar-refractivity contribution < 1.29 is 9.53 Å². The van der Waals surface area contributed by atoms with E-state index < -0.39 is 0 Å². The zero-order chi connectivity index (χ0) is 17.6. The standard InChI is InChI=1S/C20H23ClN2O2/c1-14-10-18(25-13-15-4-2-5-16(21)11-15)7-8-19(14)23-20(24)12-17-6-3-9-22-17/h2,4-5,7-8,10-11,17,22H,3,6,9,12-13H2,1H3,(H,23,24). The van der Waals surface area contributed by atoms with Gasteiger partial charge in [0.25, 0.3) is 0 Å². The zero-order valence-corrected chi connectivity index (χ0v) is 15.1. The number of aryl methyl sites for hydroxylation is 1. The predicted octanol–water partition coefficient (Wildman–Crippen LogP) is 4.31. The highest BCUT2D eigenvalue weighted by atomic mass is 35.5. The van der Waals surface area contributed by atoms with Crippen LogP contribution in [0.25, 0.3) is 0 Å². The minimum absolute atomic E-state index is 0.0510. The van der Waals surface area contributed by atoms with Crippen molar-refractivity contribution in [2.24, 2.45) is 0 Å². The average molecular weight is 359 g/mol. The second-order valence-electron chi connectivity index (χ2n) is 6.44. The Morgan fingerprint density at radius 1 is 1.32 bits per heavy atom. The summed E-state index contributed by atoms with van der Waals surface area (Å²) in [7, 11) is 0. The van der Waals surface area contributed by atoms with Crippen LogP contribution < -0.4 is 15.4 Å². The van der Waals surface area contributed by atoms with Crippen molar-refractivity contribution >= 4 is 23.2 Å². The number of hydrogen-bond acceptors (Lipinski definition) is 3. The van der Waals surface area contributed by atoms with Gasteiger partial charge in [0.15, 0.2) is 0 Å². The molecule has 4 nitrogen and oxygen atoms in total. The van der Waals surface area contributed by atoms with E-state index in [1.165, 1.54) is 0 Å². The van der Waals surface area contributed by atoms with Crippen LogP contribution >= 0.6 is 11.6 Å². The van der Waals surface area contributed by atoms with E-state index in [1.54, 1.807) is 0 Å². The molecule has 0 radical (unpaired) electrons. The maximum absolute atomic E-state index is 12.2. The van der Waals surface area contributed by atoms with Crippen LogP contribution in [-0.2, 0) is 11.4 Å². The lowest BCUT2D eigenvalue weighted by Crippen LogP contribution is -2.27. The minimum Gasteiger partial charge on any atom is -0.489 e. The molecule has 1 aliphatic heterocycles. The van der Waals surface area contributed by atoms with Crippen molar-refractivity contribution in [1.82, 2.24) is 5.32 Å². The Labute approximate surface area is 153 Å². The van der Waals surface area contributed by atoms with Gasteiger partial charge in [-0.1, -0.05) is 23.7 Å². The summed E-state index contributed by atoms with van der Waals surface area (Å²) in [6.07, 6.45) is 2.74. The summed E-state index contributed by atoms with van der Waals surface area (Å²) < 4.78 is 5.81. The maximum Gasteiger partial charge on any atom is 0.225 e. The van der Waals surface area contributed by atoms with Gasteiger partial charge < -0.3 is 15.4 Å². The van der Waals surface area contributed by atoms with Crippen molar-refractivity contribution in [2.45, 2.75) is 38.8 Å². The van der Waals surface area contributed by atoms with Gasteiger partial charge in [0, 0.05) is 23.2 Å². The molecule has 0 spiro atoms. The number of carbonyl (C=O) groups is 1. The molecule has 1 aliphatic rings. The first-order chi connectivity index (χ1) is 12.1. The van der Waals surface area contributed by atoms with Gasteiger partial charge in [-0.05, 0) is 67.8 Å². The highest BCUT2D eigenvalue weighted by molar-refractivity contribution is 6.30. The normalized spacial score (nSPS) is 16.6. The topological polar surface area (TPSA) is 50.4 Å². The summed E-state index contributed by atoms with van der Waals surface area (Å²) in [5.74, 6) is 0.822. The van der Waals surface area contributed by atoms with E-state index in [9.17, 15) is 4.79 Å². The third-order valence-corrected chi connectivity index (χ3v) is 4.60. The van der Waals surface area contributed by atoms with Crippen LogP contribution in [0.15, 0.2) is 42.5 Å². The highest BCUT2D eigenvalue weighted by Gasteiger charge is 2.18. The van der Waals surface area contributed by atoms with Crippen LogP contribution in [0.5, 0.6) is 5.75 Å². The SMILES string of the molecule is Cc1cc(OCc2cccc(Cl)c2)ccc1NC(=O)CC1CCCN1. The number of amides is 1. The van der Waals surface area contributed by atoms with Gasteiger partial charge in [0.1, 0.15) is 12.4 Å². The molecule has 132 valence electrons. The Hall–Kier alpha value is -2.04. The highest BCUT2D eigenvalue weighted by Crippen LogP contribution is 2.23. The molecule has 1 amide bonds. The van der Waals surface area contributed by atoms with Crippen LogP contribution in [0, 0.1) is 6.92 Å². The van der Waals surface area contributed by atoms with Crippen LogP contribution in [0.4, 0.5) is 5.69 Å². The third-order valence-electron chi connectivity index (χ3n) is 4.36. The fourth-order valence-corrected chi connectivity index (χ4v) is 3.23. The van der Waals surface area contributed by atoms with Crippen LogP contribution in [-0.4, -0.2) is 18.5 Å². The first-order valence-electron chi connectivity index (χ1n) is 8.61. The molecule has 2 aromatic rings. The number of nitrogens with one attached hydrogen (secondary N) is 2. The summed E-state index contributed by atoms with van der Waals surface area (Å²) in [5.41, 5.74) is 2.83. The van der Waals surface area contributed by atoms with Crippen molar-refractivity contribution in [1.29, 1.82) is 0 Å². The fourth-order valence-electron chi connectivity index (χ4n) is 3.02. The molecular formula is C20H23ClN2O2. The molecule has 0 aliphatic carbocycles. The molecule has 2 aromatic carbocycles. The molecule has 1 heterocycles. The monoisotopic (exact) mass is 358 g/mol. The molecule has 1 fully saturated rings. The van der Waals surface area contributed by atoms with Crippen LogP contribution in [0.1, 0.15) is 30.4 Å². The first kappa shape index (κ1) is 17.8. The quantitative estimate of drug-likeness (QED) is 0.809. The lowest BCUT2D eigenvalue weighted by Gasteiger charge is -2.13. The number of halogens is 1. The van der Waals surface area contributed by atoms with Crippen molar-refractivity contribution in [2.75, 3.05) is 11.9 Å². The van der Waals surface area contributed by atoms with E-state index in [2.05, 4.69) is 10.6 Å². The number of ether oxygens (including phenoxy) is 1. The molecule has 1 saturated heterocycles. The first-order valence-corrected chi connectivity index (χ1v) is 8.99. The third kappa shape index (κ3) is 5.21. The molecule has 3 rings (SSSR count). The van der Waals surface area contributed by atoms with E-state index in [0.29, 0.717) is 24.1 Å². The number of hydrogen-bond donors (Lipinski definition) is 2. The summed E-state index contributed by atoms with van der Waals surface area (Å²) in [6, 6.07) is 13.6. The molecule has 0 bridgehead atoms. The Morgan fingerprint density at radius 2 is 2.20 bits per heavy atom. The van der Waals surface area contributed by atoms with Gasteiger partial charge in [-0.25, -0.2) is 0 Å². The van der Waals surface area contributed by atoms with E-state index in [-0.39, 0.29) is 5.91 Å². The van der Waals surface area contributed by atoms with Gasteiger partial charge in [-0.3, -0.25) is 4.79 Å². The number of anilines is 1. The molecular weight excluding hydrogens is 336 g/mol. The molecule has 0 saturated carbocycles. The molecule has 1 atom stereocenters. The molecule has 1 unspecified atom stereocenters. The van der Waals surface area contributed by atoms with Gasteiger partial charge >= 0.3 is 0 Å². The predicted molar refractivity (Wildman–Crippen MR) is 101 cm³/mol. The van der Waals surface area contributed by atoms with E-state index in [4.69, 9.17) is 16.3 Å². The maximum atomic E-state index is 12.2. The Morgan fingerprint density at radius 3 is 2.92 bits per heavy atom. The van der Waals surface area contributed by atoms with Gasteiger partial charge in [-0.15, -0.1) is 0 Å². The fraction of sp³-hybridized carbons (Fsp3) is 0.350. The van der Waals surface area contributed by atoms with Crippen molar-refractivity contribution in [3.63, 3.8) is 0 Å². The van der Waals surface area contributed by atoms with Crippen LogP contribution in [0.2, 0.25) is 5.02 Å². The summed E-state index contributed by atoms with van der Waals surface area (Å²) in [4.78, 5) is 12.2. The molecule has 2 N–H and O–H groups in total. The van der Waals surface area contributed by atoms with Crippen molar-refractivity contribution in [3.8, 4) is 5.75 Å². The van der Waals surface area contributed by atoms with Gasteiger partial charge in [-0.2, -0.15) is 0 Å².